The van der Waals surface area contributed by atoms with Crippen LogP contribution in [-0.4, -0.2) is 36.3 Å². The van der Waals surface area contributed by atoms with Gasteiger partial charge in [-0.05, 0) is 0 Å². The van der Waals surface area contributed by atoms with Gasteiger partial charge in [0, 0.05) is 6.92 Å². The smallest absolute Gasteiger partial charge is 0.435 e. The molecule has 0 aromatic carbocycles. The van der Waals surface area contributed by atoms with E-state index in [1.807, 2.05) is 0 Å². The van der Waals surface area contributed by atoms with E-state index in [0.717, 1.165) is 0 Å². The molecule has 0 fully saturated rings. The molecule has 1 amide bonds. The Balaban J connectivity index is 3.91. The molecule has 0 heterocycles. The van der Waals surface area contributed by atoms with E-state index in [9.17, 15) is 4.79 Å². The molecular weight excluding hydrogens is 106 g/mol. The molecule has 1 N–H and O–H groups in total. The molecule has 3 nitrogen and oxygen atoms in total. The van der Waals surface area contributed by atoms with Crippen LogP contribution < -0.4 is 0 Å². The fourth-order valence-corrected chi connectivity index (χ4v) is 0.0956. The summed E-state index contributed by atoms with van der Waals surface area (Å²) in [6.45, 7) is 3.84. The molecule has 3 heteroatoms. The predicted octanol–water partition coefficient (Wildman–Crippen LogP) is 0.575. The fraction of sp³-hybridized carbons (Fsp3) is 0.600. The SMILES string of the molecule is [CH2]C[N+](C)(C)C(=O)O. The second kappa shape index (κ2) is 2.13. The van der Waals surface area contributed by atoms with Crippen LogP contribution in [0, 0.1) is 6.92 Å². The second-order valence-electron chi connectivity index (χ2n) is 2.19. The average Bonchev–Trinajstić information content (AvgIpc) is 1.67. The van der Waals surface area contributed by atoms with Gasteiger partial charge in [-0.2, -0.15) is 4.79 Å². The van der Waals surface area contributed by atoms with Crippen LogP contribution in [-0.2, 0) is 0 Å². The molecule has 8 heavy (non-hydrogen) atoms. The third kappa shape index (κ3) is 1.50. The maximum atomic E-state index is 10.2. The molecule has 0 aliphatic carbocycles. The summed E-state index contributed by atoms with van der Waals surface area (Å²) >= 11 is 0. The van der Waals surface area contributed by atoms with Crippen molar-refractivity contribution < 1.29 is 14.4 Å². The van der Waals surface area contributed by atoms with E-state index in [0.29, 0.717) is 6.54 Å². The third-order valence-corrected chi connectivity index (χ3v) is 1.08. The van der Waals surface area contributed by atoms with Crippen molar-refractivity contribution in [3.05, 3.63) is 6.92 Å². The summed E-state index contributed by atoms with van der Waals surface area (Å²) in [5.41, 5.74) is 0. The van der Waals surface area contributed by atoms with E-state index < -0.39 is 6.09 Å². The first-order valence-electron chi connectivity index (χ1n) is 2.36. The number of hydrogen-bond donors (Lipinski definition) is 1. The Morgan fingerprint density at radius 1 is 1.75 bits per heavy atom. The highest BCUT2D eigenvalue weighted by Crippen LogP contribution is 1.94. The monoisotopic (exact) mass is 117 g/mol. The maximum absolute atomic E-state index is 10.2. The summed E-state index contributed by atoms with van der Waals surface area (Å²) < 4.78 is -0.0694. The summed E-state index contributed by atoms with van der Waals surface area (Å²) in [4.78, 5) is 10.2. The van der Waals surface area contributed by atoms with Gasteiger partial charge in [0.1, 0.15) is 0 Å². The Bertz CT molecular complexity index is 98.6. The van der Waals surface area contributed by atoms with Gasteiger partial charge in [-0.1, -0.05) is 0 Å². The van der Waals surface area contributed by atoms with Gasteiger partial charge in [0.2, 0.25) is 0 Å². The summed E-state index contributed by atoms with van der Waals surface area (Å²) in [7, 11) is 3.19. The summed E-state index contributed by atoms with van der Waals surface area (Å²) in [6, 6.07) is 0. The Labute approximate surface area is 49.1 Å². The molecule has 0 saturated heterocycles. The van der Waals surface area contributed by atoms with Crippen LogP contribution in [0.1, 0.15) is 0 Å². The van der Waals surface area contributed by atoms with Crippen LogP contribution in [0.3, 0.4) is 0 Å². The highest BCUT2D eigenvalue weighted by Gasteiger charge is 2.21. The molecule has 0 atom stereocenters. The minimum absolute atomic E-state index is 0.0694. The van der Waals surface area contributed by atoms with Crippen molar-refractivity contribution in [2.75, 3.05) is 20.6 Å². The first-order chi connectivity index (χ1) is 3.50. The van der Waals surface area contributed by atoms with E-state index in [-0.39, 0.29) is 4.48 Å². The van der Waals surface area contributed by atoms with Crippen molar-refractivity contribution >= 4 is 6.09 Å². The lowest BCUT2D eigenvalue weighted by Crippen LogP contribution is -2.44. The van der Waals surface area contributed by atoms with Gasteiger partial charge in [-0.3, -0.25) is 0 Å². The molecule has 0 saturated carbocycles. The summed E-state index contributed by atoms with van der Waals surface area (Å²) in [6.07, 6.45) is -0.847. The predicted molar refractivity (Wildman–Crippen MR) is 30.4 cm³/mol. The number of nitrogens with zero attached hydrogens (tertiary/aromatic N) is 1. The van der Waals surface area contributed by atoms with Crippen molar-refractivity contribution in [2.45, 2.75) is 0 Å². The highest BCUT2D eigenvalue weighted by molar-refractivity contribution is 5.56. The topological polar surface area (TPSA) is 37.3 Å². The number of amides is 1. The quantitative estimate of drug-likeness (QED) is 0.510. The van der Waals surface area contributed by atoms with Crippen molar-refractivity contribution in [3.63, 3.8) is 0 Å². The summed E-state index contributed by atoms with van der Waals surface area (Å²) in [5.74, 6) is 0. The first-order valence-corrected chi connectivity index (χ1v) is 2.36. The fourth-order valence-electron chi connectivity index (χ4n) is 0.0956. The van der Waals surface area contributed by atoms with Gasteiger partial charge in [-0.25, -0.2) is 4.48 Å². The van der Waals surface area contributed by atoms with Crippen molar-refractivity contribution in [1.82, 2.24) is 0 Å². The van der Waals surface area contributed by atoms with Gasteiger partial charge < -0.3 is 5.11 Å². The lowest BCUT2D eigenvalue weighted by atomic mass is 10.5. The van der Waals surface area contributed by atoms with Gasteiger partial charge in [0.25, 0.3) is 0 Å². The number of rotatable bonds is 1. The van der Waals surface area contributed by atoms with Gasteiger partial charge in [-0.15, -0.1) is 0 Å². The Kier molecular flexibility index (Phi) is 1.98. The molecule has 0 aliphatic rings. The van der Waals surface area contributed by atoms with Crippen LogP contribution >= 0.6 is 0 Å². The van der Waals surface area contributed by atoms with Crippen LogP contribution in [0.2, 0.25) is 0 Å². The highest BCUT2D eigenvalue weighted by atomic mass is 16.4. The standard InChI is InChI=1S/C5H10NO2/c1-4-6(2,3)5(7)8/h1,4H2,2-3H3/p+1. The Morgan fingerprint density at radius 2 is 2.12 bits per heavy atom. The van der Waals surface area contributed by atoms with Crippen molar-refractivity contribution in [2.24, 2.45) is 0 Å². The van der Waals surface area contributed by atoms with Crippen molar-refractivity contribution in [3.8, 4) is 0 Å². The molecule has 0 unspecified atom stereocenters. The zero-order valence-corrected chi connectivity index (χ0v) is 5.22. The molecule has 0 aromatic rings. The molecule has 47 valence electrons. The van der Waals surface area contributed by atoms with Crippen LogP contribution in [0.5, 0.6) is 0 Å². The molecule has 0 bridgehead atoms. The molecule has 0 spiro atoms. The normalized spacial score (nSPS) is 11.4. The molecular formula is C5H11NO2+. The average molecular weight is 117 g/mol. The molecule has 0 aliphatic heterocycles. The van der Waals surface area contributed by atoms with E-state index in [1.54, 1.807) is 14.1 Å². The Morgan fingerprint density at radius 3 is 2.12 bits per heavy atom. The van der Waals surface area contributed by atoms with E-state index >= 15 is 0 Å². The minimum Gasteiger partial charge on any atom is -0.435 e. The number of carbonyl (C=O) groups is 1. The lowest BCUT2D eigenvalue weighted by Gasteiger charge is -2.19. The maximum Gasteiger partial charge on any atom is 0.513 e. The van der Waals surface area contributed by atoms with Crippen LogP contribution in [0.4, 0.5) is 4.79 Å². The molecule has 0 rings (SSSR count). The number of carboxylic acid groups (broad SMARTS) is 1. The van der Waals surface area contributed by atoms with Crippen LogP contribution in [0.15, 0.2) is 0 Å². The Hall–Kier alpha value is -0.570. The summed E-state index contributed by atoms with van der Waals surface area (Å²) in [5, 5.41) is 8.37. The number of hydrogen-bond acceptors (Lipinski definition) is 1. The molecule has 0 aromatic heterocycles. The molecule has 1 radical (unpaired) electrons. The van der Waals surface area contributed by atoms with Gasteiger partial charge in [0.05, 0.1) is 20.6 Å². The minimum atomic E-state index is -0.847. The third-order valence-electron chi connectivity index (χ3n) is 1.08. The first kappa shape index (κ1) is 7.43. The van der Waals surface area contributed by atoms with E-state index in [4.69, 9.17) is 5.11 Å². The zero-order chi connectivity index (χ0) is 6.78. The van der Waals surface area contributed by atoms with E-state index in [2.05, 4.69) is 6.92 Å². The van der Waals surface area contributed by atoms with E-state index in [1.165, 1.54) is 0 Å². The number of quaternary nitrogens is 1. The van der Waals surface area contributed by atoms with Crippen molar-refractivity contribution in [1.29, 1.82) is 0 Å². The van der Waals surface area contributed by atoms with Crippen LogP contribution in [0.25, 0.3) is 0 Å². The second-order valence-corrected chi connectivity index (χ2v) is 2.19. The zero-order valence-electron chi connectivity index (χ0n) is 5.22. The lowest BCUT2D eigenvalue weighted by molar-refractivity contribution is -0.810. The van der Waals surface area contributed by atoms with Gasteiger partial charge >= 0.3 is 6.09 Å². The largest absolute Gasteiger partial charge is 0.513 e. The van der Waals surface area contributed by atoms with Gasteiger partial charge in [0.15, 0.2) is 0 Å².